The van der Waals surface area contributed by atoms with Crippen LogP contribution >= 0.6 is 0 Å². The lowest BCUT2D eigenvalue weighted by Crippen LogP contribution is -2.60. The number of morpholine rings is 1. The van der Waals surface area contributed by atoms with Crippen molar-refractivity contribution < 1.29 is 37.3 Å². The number of carboxylic acid groups (broad SMARTS) is 1. The van der Waals surface area contributed by atoms with Gasteiger partial charge in [-0.05, 0) is 24.8 Å². The average Bonchev–Trinajstić information content (AvgIpc) is 3.45. The molecule has 174 valence electrons. The highest BCUT2D eigenvalue weighted by Crippen LogP contribution is 2.31. The number of aliphatic carboxylic acids is 1. The maximum Gasteiger partial charge on any atom is 0.490 e. The van der Waals surface area contributed by atoms with Crippen molar-refractivity contribution in [2.45, 2.75) is 24.6 Å². The predicted octanol–water partition coefficient (Wildman–Crippen LogP) is 1.01. The molecule has 2 saturated heterocycles. The Bertz CT molecular complexity index is 783. The van der Waals surface area contributed by atoms with Crippen molar-refractivity contribution in [3.05, 3.63) is 18.0 Å². The summed E-state index contributed by atoms with van der Waals surface area (Å²) in [5, 5.41) is 11.4. The molecule has 31 heavy (non-hydrogen) atoms. The van der Waals surface area contributed by atoms with E-state index in [4.69, 9.17) is 19.4 Å². The van der Waals surface area contributed by atoms with E-state index >= 15 is 0 Å². The van der Waals surface area contributed by atoms with Crippen molar-refractivity contribution in [2.75, 3.05) is 52.5 Å². The first-order valence-electron chi connectivity index (χ1n) is 10.1. The second-order valence-electron chi connectivity index (χ2n) is 8.17. The zero-order valence-electron chi connectivity index (χ0n) is 17.3. The van der Waals surface area contributed by atoms with Crippen LogP contribution in [0.3, 0.4) is 0 Å². The zero-order valence-corrected chi connectivity index (χ0v) is 17.3. The summed E-state index contributed by atoms with van der Waals surface area (Å²) in [7, 11) is 1.83. The van der Waals surface area contributed by atoms with E-state index in [1.54, 1.807) is 16.9 Å². The molecule has 3 fully saturated rings. The van der Waals surface area contributed by atoms with Crippen LogP contribution in [0.1, 0.15) is 23.3 Å². The predicted molar refractivity (Wildman–Crippen MR) is 101 cm³/mol. The van der Waals surface area contributed by atoms with E-state index in [9.17, 15) is 18.0 Å². The Labute approximate surface area is 177 Å². The summed E-state index contributed by atoms with van der Waals surface area (Å²) in [4.78, 5) is 26.0. The minimum absolute atomic E-state index is 0.0173. The van der Waals surface area contributed by atoms with Crippen LogP contribution in [0.2, 0.25) is 0 Å². The quantitative estimate of drug-likeness (QED) is 0.737. The fourth-order valence-corrected chi connectivity index (χ4v) is 3.70. The van der Waals surface area contributed by atoms with Crippen LogP contribution in [0.5, 0.6) is 0 Å². The summed E-state index contributed by atoms with van der Waals surface area (Å²) in [6, 6.07) is 1.77. The molecule has 1 unspecified atom stereocenters. The molecular formula is C19H27F3N4O5. The molecule has 0 bridgehead atoms. The summed E-state index contributed by atoms with van der Waals surface area (Å²) >= 11 is 0. The Balaban J connectivity index is 0.000000339. The van der Waals surface area contributed by atoms with Gasteiger partial charge < -0.3 is 19.5 Å². The molecule has 9 nitrogen and oxygen atoms in total. The van der Waals surface area contributed by atoms with Gasteiger partial charge in [-0.1, -0.05) is 0 Å². The lowest BCUT2D eigenvalue weighted by atomic mass is 10.0. The minimum Gasteiger partial charge on any atom is -0.475 e. The van der Waals surface area contributed by atoms with Crippen LogP contribution in [-0.4, -0.2) is 101 Å². The molecule has 3 heterocycles. The second-order valence-corrected chi connectivity index (χ2v) is 8.17. The molecular weight excluding hydrogens is 421 g/mol. The number of aromatic nitrogens is 2. The third-order valence-corrected chi connectivity index (χ3v) is 5.35. The summed E-state index contributed by atoms with van der Waals surface area (Å²) in [5.41, 5.74) is 0.0904. The van der Waals surface area contributed by atoms with Crippen molar-refractivity contribution in [2.24, 2.45) is 13.0 Å². The zero-order chi connectivity index (χ0) is 22.6. The fraction of sp³-hybridized carbons (Fsp3) is 0.737. The molecule has 2 aliphatic heterocycles. The first-order chi connectivity index (χ1) is 14.6. The van der Waals surface area contributed by atoms with Gasteiger partial charge in [-0.3, -0.25) is 14.4 Å². The van der Waals surface area contributed by atoms with E-state index in [1.165, 1.54) is 12.8 Å². The Morgan fingerprint density at radius 2 is 1.97 bits per heavy atom. The average molecular weight is 448 g/mol. The number of nitrogens with zero attached hydrogens (tertiary/aromatic N) is 4. The minimum atomic E-state index is -5.08. The van der Waals surface area contributed by atoms with E-state index in [1.807, 2.05) is 11.9 Å². The number of hydrogen-bond donors (Lipinski definition) is 1. The van der Waals surface area contributed by atoms with Gasteiger partial charge in [0.15, 0.2) is 0 Å². The summed E-state index contributed by atoms with van der Waals surface area (Å²) < 4.78 is 45.4. The van der Waals surface area contributed by atoms with E-state index in [-0.39, 0.29) is 5.91 Å². The number of rotatable bonds is 3. The number of aryl methyl sites for hydroxylation is 1. The van der Waals surface area contributed by atoms with Gasteiger partial charge >= 0.3 is 12.1 Å². The Morgan fingerprint density at radius 1 is 1.26 bits per heavy atom. The Morgan fingerprint density at radius 3 is 2.55 bits per heavy atom. The van der Waals surface area contributed by atoms with Crippen molar-refractivity contribution in [1.82, 2.24) is 19.6 Å². The number of halogens is 3. The maximum atomic E-state index is 12.7. The van der Waals surface area contributed by atoms with Gasteiger partial charge in [0, 0.05) is 39.4 Å². The molecule has 1 spiro atoms. The number of carbonyl (C=O) groups is 2. The normalized spacial score (nSPS) is 25.0. The van der Waals surface area contributed by atoms with E-state index < -0.39 is 17.7 Å². The molecule has 1 aromatic rings. The van der Waals surface area contributed by atoms with Gasteiger partial charge in [0.25, 0.3) is 5.91 Å². The topological polar surface area (TPSA) is 97.1 Å². The van der Waals surface area contributed by atoms with Crippen LogP contribution in [0, 0.1) is 5.92 Å². The number of carboxylic acids is 1. The summed E-state index contributed by atoms with van der Waals surface area (Å²) in [5.74, 6) is -1.93. The van der Waals surface area contributed by atoms with Crippen LogP contribution in [0.4, 0.5) is 13.2 Å². The van der Waals surface area contributed by atoms with E-state index in [0.29, 0.717) is 32.0 Å². The van der Waals surface area contributed by atoms with Gasteiger partial charge in [-0.25, -0.2) is 4.79 Å². The molecule has 3 aliphatic rings. The van der Waals surface area contributed by atoms with Gasteiger partial charge in [0.2, 0.25) is 0 Å². The highest BCUT2D eigenvalue weighted by Gasteiger charge is 2.42. The highest BCUT2D eigenvalue weighted by atomic mass is 19.4. The van der Waals surface area contributed by atoms with Crippen molar-refractivity contribution in [3.8, 4) is 0 Å². The molecule has 1 aliphatic carbocycles. The third kappa shape index (κ3) is 6.65. The Kier molecular flexibility index (Phi) is 7.22. The van der Waals surface area contributed by atoms with Crippen molar-refractivity contribution in [3.63, 3.8) is 0 Å². The van der Waals surface area contributed by atoms with Crippen molar-refractivity contribution in [1.29, 1.82) is 0 Å². The molecule has 4 rings (SSSR count). The number of ether oxygens (including phenoxy) is 2. The first-order valence-corrected chi connectivity index (χ1v) is 10.1. The van der Waals surface area contributed by atoms with Gasteiger partial charge in [-0.2, -0.15) is 18.3 Å². The fourth-order valence-electron chi connectivity index (χ4n) is 3.70. The smallest absolute Gasteiger partial charge is 0.475 e. The van der Waals surface area contributed by atoms with E-state index in [2.05, 4.69) is 10.00 Å². The summed E-state index contributed by atoms with van der Waals surface area (Å²) in [6.45, 7) is 5.96. The molecule has 0 aromatic carbocycles. The van der Waals surface area contributed by atoms with Crippen LogP contribution in [0.15, 0.2) is 12.3 Å². The van der Waals surface area contributed by atoms with Gasteiger partial charge in [-0.15, -0.1) is 0 Å². The lowest BCUT2D eigenvalue weighted by Gasteiger charge is -2.43. The molecule has 1 atom stereocenters. The molecule has 1 saturated carbocycles. The standard InChI is InChI=1S/C17H26N4O3.C2HF3O2/c1-19-5-4-15(18-19)16(22)21-7-9-24-17(12-21)11-20(6-8-23-13-17)10-14-2-3-14;3-2(4,5)1(6)7/h4-5,14H,2-3,6-13H2,1H3;(H,6,7). The largest absolute Gasteiger partial charge is 0.490 e. The monoisotopic (exact) mass is 448 g/mol. The second kappa shape index (κ2) is 9.53. The molecule has 1 amide bonds. The van der Waals surface area contributed by atoms with Crippen LogP contribution < -0.4 is 0 Å². The van der Waals surface area contributed by atoms with Gasteiger partial charge in [0.05, 0.1) is 26.4 Å². The van der Waals surface area contributed by atoms with Crippen LogP contribution in [0.25, 0.3) is 0 Å². The maximum absolute atomic E-state index is 12.7. The number of carbonyl (C=O) groups excluding carboxylic acids is 1. The first kappa shape index (κ1) is 23.5. The van der Waals surface area contributed by atoms with E-state index in [0.717, 1.165) is 32.2 Å². The lowest BCUT2D eigenvalue weighted by molar-refractivity contribution is -0.192. The Hall–Kier alpha value is -2.18. The molecule has 12 heteroatoms. The third-order valence-electron chi connectivity index (χ3n) is 5.35. The number of alkyl halides is 3. The SMILES string of the molecule is Cn1ccc(C(=O)N2CCOC3(COCCN(CC4CC4)C3)C2)n1.O=C(O)C(F)(F)F. The number of amides is 1. The van der Waals surface area contributed by atoms with Gasteiger partial charge in [0.1, 0.15) is 11.3 Å². The number of hydrogen-bond acceptors (Lipinski definition) is 6. The summed E-state index contributed by atoms with van der Waals surface area (Å²) in [6.07, 6.45) is -0.597. The van der Waals surface area contributed by atoms with Crippen LogP contribution in [-0.2, 0) is 21.3 Å². The molecule has 0 radical (unpaired) electrons. The molecule has 1 aromatic heterocycles. The molecule has 1 N–H and O–H groups in total. The van der Waals surface area contributed by atoms with Crippen molar-refractivity contribution >= 4 is 11.9 Å². The highest BCUT2D eigenvalue weighted by molar-refractivity contribution is 5.92.